The van der Waals surface area contributed by atoms with Crippen LogP contribution in [-0.2, 0) is 4.79 Å². The van der Waals surface area contributed by atoms with Crippen molar-refractivity contribution in [3.05, 3.63) is 34.3 Å². The first-order chi connectivity index (χ1) is 9.52. The Labute approximate surface area is 123 Å². The van der Waals surface area contributed by atoms with Gasteiger partial charge in [0.25, 0.3) is 11.8 Å². The first-order valence-corrected chi connectivity index (χ1v) is 6.98. The highest BCUT2D eigenvalue weighted by Crippen LogP contribution is 2.27. The predicted molar refractivity (Wildman–Crippen MR) is 74.1 cm³/mol. The number of halogens is 1. The Balaban J connectivity index is 1.81. The first kappa shape index (κ1) is 13.1. The fourth-order valence-electron chi connectivity index (χ4n) is 2.60. The molecule has 3 rings (SSSR count). The molecule has 7 heteroatoms. The van der Waals surface area contributed by atoms with Gasteiger partial charge in [-0.05, 0) is 34.5 Å². The minimum absolute atomic E-state index is 0.150. The summed E-state index contributed by atoms with van der Waals surface area (Å²) >= 11 is 3.34. The second kappa shape index (κ2) is 4.59. The summed E-state index contributed by atoms with van der Waals surface area (Å²) in [5.41, 5.74) is -0.414. The average molecular weight is 338 g/mol. The van der Waals surface area contributed by atoms with E-state index in [1.165, 1.54) is 0 Å². The highest BCUT2D eigenvalue weighted by molar-refractivity contribution is 9.10. The molecule has 0 radical (unpaired) electrons. The van der Waals surface area contributed by atoms with E-state index in [1.54, 1.807) is 23.1 Å². The lowest BCUT2D eigenvalue weighted by Gasteiger charge is -2.21. The maximum Gasteiger partial charge on any atom is 0.322 e. The number of benzene rings is 1. The summed E-state index contributed by atoms with van der Waals surface area (Å²) in [6.07, 6.45) is 0.431. The highest BCUT2D eigenvalue weighted by Gasteiger charge is 2.51. The molecule has 2 heterocycles. The van der Waals surface area contributed by atoms with Crippen molar-refractivity contribution < 1.29 is 14.4 Å². The lowest BCUT2D eigenvalue weighted by Crippen LogP contribution is -2.49. The smallest absolute Gasteiger partial charge is 0.322 e. The molecule has 6 nitrogen and oxygen atoms in total. The quantitative estimate of drug-likeness (QED) is 0.746. The van der Waals surface area contributed by atoms with E-state index in [0.29, 0.717) is 23.0 Å². The van der Waals surface area contributed by atoms with Crippen molar-refractivity contribution in [3.63, 3.8) is 0 Å². The molecule has 0 saturated carbocycles. The van der Waals surface area contributed by atoms with Crippen molar-refractivity contribution in [2.75, 3.05) is 13.1 Å². The van der Waals surface area contributed by atoms with Crippen LogP contribution in [0.5, 0.6) is 0 Å². The number of imide groups is 1. The molecule has 1 spiro atoms. The molecule has 4 amide bonds. The number of carbonyl (C=O) groups is 3. The van der Waals surface area contributed by atoms with Crippen molar-refractivity contribution >= 4 is 33.8 Å². The van der Waals surface area contributed by atoms with E-state index in [0.717, 1.165) is 0 Å². The third-order valence-corrected chi connectivity index (χ3v) is 4.37. The number of carbonyl (C=O) groups excluding carboxylic acids is 3. The SMILES string of the molecule is O=C1NC(=O)C2(CCN(C(=O)c3ccccc3Br)C2)N1. The molecule has 0 aliphatic carbocycles. The summed E-state index contributed by atoms with van der Waals surface area (Å²) < 4.78 is 0.714. The van der Waals surface area contributed by atoms with E-state index in [4.69, 9.17) is 0 Å². The van der Waals surface area contributed by atoms with Crippen molar-refractivity contribution in [1.82, 2.24) is 15.5 Å². The van der Waals surface area contributed by atoms with E-state index < -0.39 is 11.6 Å². The second-order valence-corrected chi connectivity index (χ2v) is 5.80. The standard InChI is InChI=1S/C13H12BrN3O3/c14-9-4-2-1-3-8(9)10(18)17-6-5-13(7-17)11(19)15-12(20)16-13/h1-4H,5-7H2,(H2,15,16,19,20). The number of nitrogens with one attached hydrogen (secondary N) is 2. The van der Waals surface area contributed by atoms with Gasteiger partial charge in [-0.15, -0.1) is 0 Å². The zero-order valence-electron chi connectivity index (χ0n) is 10.5. The topological polar surface area (TPSA) is 78.5 Å². The molecule has 2 fully saturated rings. The second-order valence-electron chi connectivity index (χ2n) is 4.95. The number of hydrogen-bond acceptors (Lipinski definition) is 3. The Bertz CT molecular complexity index is 619. The average Bonchev–Trinajstić information content (AvgIpc) is 2.95. The van der Waals surface area contributed by atoms with Crippen LogP contribution in [0.15, 0.2) is 28.7 Å². The van der Waals surface area contributed by atoms with Crippen LogP contribution in [0.25, 0.3) is 0 Å². The van der Waals surface area contributed by atoms with Gasteiger partial charge in [0.15, 0.2) is 0 Å². The minimum atomic E-state index is -0.964. The molecule has 2 aliphatic rings. The monoisotopic (exact) mass is 337 g/mol. The van der Waals surface area contributed by atoms with Crippen molar-refractivity contribution in [1.29, 1.82) is 0 Å². The summed E-state index contributed by atoms with van der Waals surface area (Å²) in [7, 11) is 0. The number of amides is 4. The number of likely N-dealkylation sites (tertiary alicyclic amines) is 1. The Morgan fingerprint density at radius 2 is 2.05 bits per heavy atom. The Hall–Kier alpha value is -1.89. The first-order valence-electron chi connectivity index (χ1n) is 6.19. The van der Waals surface area contributed by atoms with Gasteiger partial charge in [-0.3, -0.25) is 14.9 Å². The van der Waals surface area contributed by atoms with Crippen LogP contribution in [-0.4, -0.2) is 41.4 Å². The van der Waals surface area contributed by atoms with Gasteiger partial charge in [-0.1, -0.05) is 12.1 Å². The van der Waals surface area contributed by atoms with Gasteiger partial charge in [0.1, 0.15) is 5.54 Å². The lowest BCUT2D eigenvalue weighted by atomic mass is 9.99. The zero-order valence-corrected chi connectivity index (χ0v) is 12.1. The van der Waals surface area contributed by atoms with E-state index >= 15 is 0 Å². The maximum absolute atomic E-state index is 12.4. The number of rotatable bonds is 1. The molecule has 1 aromatic carbocycles. The predicted octanol–water partition coefficient (Wildman–Crippen LogP) is 0.873. The van der Waals surface area contributed by atoms with Crippen LogP contribution in [0.1, 0.15) is 16.8 Å². The molecule has 1 unspecified atom stereocenters. The van der Waals surface area contributed by atoms with Gasteiger partial charge in [0.2, 0.25) is 0 Å². The highest BCUT2D eigenvalue weighted by atomic mass is 79.9. The molecule has 20 heavy (non-hydrogen) atoms. The zero-order chi connectivity index (χ0) is 14.3. The summed E-state index contributed by atoms with van der Waals surface area (Å²) in [6, 6.07) is 6.64. The summed E-state index contributed by atoms with van der Waals surface area (Å²) in [5, 5.41) is 4.85. The van der Waals surface area contributed by atoms with Crippen LogP contribution in [0.3, 0.4) is 0 Å². The van der Waals surface area contributed by atoms with Gasteiger partial charge in [0, 0.05) is 11.0 Å². The normalized spacial score (nSPS) is 24.9. The third-order valence-electron chi connectivity index (χ3n) is 3.68. The molecule has 2 saturated heterocycles. The Kier molecular flexibility index (Phi) is 3.01. The van der Waals surface area contributed by atoms with Gasteiger partial charge in [0.05, 0.1) is 12.1 Å². The summed E-state index contributed by atoms with van der Waals surface area (Å²) in [5.74, 6) is -0.506. The van der Waals surface area contributed by atoms with Gasteiger partial charge in [-0.25, -0.2) is 4.79 Å². The molecule has 2 aliphatic heterocycles. The molecule has 0 aromatic heterocycles. The van der Waals surface area contributed by atoms with E-state index in [-0.39, 0.29) is 18.4 Å². The fourth-order valence-corrected chi connectivity index (χ4v) is 3.06. The van der Waals surface area contributed by atoms with E-state index in [1.807, 2.05) is 6.07 Å². The molecule has 2 N–H and O–H groups in total. The van der Waals surface area contributed by atoms with Crippen LogP contribution < -0.4 is 10.6 Å². The van der Waals surface area contributed by atoms with Crippen molar-refractivity contribution in [2.24, 2.45) is 0 Å². The lowest BCUT2D eigenvalue weighted by molar-refractivity contribution is -0.123. The molecule has 104 valence electrons. The van der Waals surface area contributed by atoms with Crippen LogP contribution in [0, 0.1) is 0 Å². The molecular formula is C13H12BrN3O3. The Morgan fingerprint density at radius 3 is 2.70 bits per heavy atom. The van der Waals surface area contributed by atoms with E-state index in [2.05, 4.69) is 26.6 Å². The molecular weight excluding hydrogens is 326 g/mol. The maximum atomic E-state index is 12.4. The van der Waals surface area contributed by atoms with Crippen molar-refractivity contribution in [3.8, 4) is 0 Å². The molecule has 1 aromatic rings. The molecule has 1 atom stereocenters. The minimum Gasteiger partial charge on any atom is -0.336 e. The van der Waals surface area contributed by atoms with Crippen molar-refractivity contribution in [2.45, 2.75) is 12.0 Å². The summed E-state index contributed by atoms with van der Waals surface area (Å²) in [6.45, 7) is 0.638. The number of nitrogens with zero attached hydrogens (tertiary/aromatic N) is 1. The van der Waals surface area contributed by atoms with Gasteiger partial charge >= 0.3 is 6.03 Å². The van der Waals surface area contributed by atoms with Crippen LogP contribution in [0.4, 0.5) is 4.79 Å². The largest absolute Gasteiger partial charge is 0.336 e. The third kappa shape index (κ3) is 1.98. The van der Waals surface area contributed by atoms with Crippen LogP contribution in [0.2, 0.25) is 0 Å². The number of hydrogen-bond donors (Lipinski definition) is 2. The molecule has 0 bridgehead atoms. The van der Waals surface area contributed by atoms with Gasteiger partial charge < -0.3 is 10.2 Å². The fraction of sp³-hybridized carbons (Fsp3) is 0.308. The number of urea groups is 1. The summed E-state index contributed by atoms with van der Waals surface area (Å²) in [4.78, 5) is 37.1. The van der Waals surface area contributed by atoms with Crippen LogP contribution >= 0.6 is 15.9 Å². The van der Waals surface area contributed by atoms with Gasteiger partial charge in [-0.2, -0.15) is 0 Å². The Morgan fingerprint density at radius 1 is 1.30 bits per heavy atom. The van der Waals surface area contributed by atoms with E-state index in [9.17, 15) is 14.4 Å².